The van der Waals surface area contributed by atoms with Crippen molar-refractivity contribution in [1.82, 2.24) is 4.57 Å². The SMILES string of the molecule is CC.CC.CC.CC.CC.CN(C)c1ccccc1.CN(c1ccccc1)c1ccc(C2(c3ccc(N(C)c4ccccc4)cc3)CCCCC2)cc1.C[Si](C)(c1ccccc1)c1ccccc1.Cn1c2ccccc2c2ccccc21.[CH3][Ge]([CH3])([c]1ccccc1)[c]1ccccc1.c1ccc(C2(c3ccccc3)CCCC2)cc1.c1ccc(C2(c3ccccc3)CCCCC2)cc1. The summed E-state index contributed by atoms with van der Waals surface area (Å²) in [5.74, 6) is 4.90. The molecule has 1 heterocycles. The van der Waals surface area contributed by atoms with Crippen LogP contribution in [-0.2, 0) is 23.3 Å². The number of fused-ring (bicyclic) bond motifs is 3. The second-order valence-electron chi connectivity index (χ2n) is 34.5. The van der Waals surface area contributed by atoms with Gasteiger partial charge in [0.15, 0.2) is 0 Å². The first-order valence-corrected chi connectivity index (χ1v) is 58.8. The summed E-state index contributed by atoms with van der Waals surface area (Å²) in [4.78, 5) is 6.59. The molecule has 3 fully saturated rings. The van der Waals surface area contributed by atoms with Crippen LogP contribution in [-0.4, -0.2) is 54.1 Å². The molecule has 3 aliphatic rings. The summed E-state index contributed by atoms with van der Waals surface area (Å²) >= 11 is -2.00. The average Bonchev–Trinajstić information content (AvgIpc) is 1.53. The van der Waals surface area contributed by atoms with Crippen molar-refractivity contribution in [3.63, 3.8) is 0 Å². The quantitative estimate of drug-likeness (QED) is 0.0951. The van der Waals surface area contributed by atoms with Gasteiger partial charge in [-0.05, 0) is 145 Å². The molecule has 0 bridgehead atoms. The third-order valence-corrected chi connectivity index (χ3v) is 37.2. The van der Waals surface area contributed by atoms with E-state index >= 15 is 0 Å². The second-order valence-corrected chi connectivity index (χ2v) is 48.1. The van der Waals surface area contributed by atoms with E-state index in [-0.39, 0.29) is 16.2 Å². The molecular formula is C126H156GeN4Si. The number of para-hydroxylation sites is 5. The molecule has 1 aromatic heterocycles. The Morgan fingerprint density at radius 3 is 0.674 bits per heavy atom. The van der Waals surface area contributed by atoms with Crippen molar-refractivity contribution in [3.8, 4) is 0 Å². The van der Waals surface area contributed by atoms with Gasteiger partial charge >= 0.3 is 94.2 Å². The van der Waals surface area contributed by atoms with Gasteiger partial charge in [-0.2, -0.15) is 0 Å². The van der Waals surface area contributed by atoms with Crippen LogP contribution in [0.2, 0.25) is 24.6 Å². The Hall–Kier alpha value is -11.7. The maximum atomic E-state index is 2.45. The van der Waals surface area contributed by atoms with Crippen molar-refractivity contribution < 1.29 is 0 Å². The fraction of sp³-hybridized carbons (Fsp3) is 0.286. The first kappa shape index (κ1) is 106. The largest absolute Gasteiger partial charge is 0.0622 e. The summed E-state index contributed by atoms with van der Waals surface area (Å²) in [5, 5.41) is 5.67. The van der Waals surface area contributed by atoms with Gasteiger partial charge in [0.1, 0.15) is 8.07 Å². The van der Waals surface area contributed by atoms with Crippen LogP contribution in [0.4, 0.5) is 28.4 Å². The molecule has 0 aliphatic heterocycles. The predicted molar refractivity (Wildman–Crippen MR) is 592 cm³/mol. The molecule has 0 spiro atoms. The van der Waals surface area contributed by atoms with Crippen molar-refractivity contribution >= 4 is 90.7 Å². The van der Waals surface area contributed by atoms with E-state index in [4.69, 9.17) is 0 Å². The smallest absolute Gasteiger partial charge is 0.0202 e. The Bertz CT molecular complexity index is 5270. The summed E-state index contributed by atoms with van der Waals surface area (Å²) in [6, 6.07) is 155. The molecule has 0 N–H and O–H groups in total. The molecule has 132 heavy (non-hydrogen) atoms. The molecular weight excluding hydrogens is 1670 g/mol. The Kier molecular flexibility index (Phi) is 45.0. The minimum absolute atomic E-state index is 0.103. The maximum absolute atomic E-state index is 2.45. The zero-order chi connectivity index (χ0) is 94.9. The second kappa shape index (κ2) is 56.2. The van der Waals surface area contributed by atoms with E-state index < -0.39 is 21.3 Å². The molecule has 688 valence electrons. The van der Waals surface area contributed by atoms with Gasteiger partial charge < -0.3 is 19.3 Å². The van der Waals surface area contributed by atoms with Crippen LogP contribution in [0.15, 0.2) is 431 Å². The average molecular weight is 1830 g/mol. The van der Waals surface area contributed by atoms with Crippen LogP contribution < -0.4 is 33.9 Å². The van der Waals surface area contributed by atoms with Crippen molar-refractivity contribution in [3.05, 3.63) is 464 Å². The van der Waals surface area contributed by atoms with Crippen molar-refractivity contribution in [2.75, 3.05) is 42.9 Å². The summed E-state index contributed by atoms with van der Waals surface area (Å²) in [7, 11) is 9.02. The van der Waals surface area contributed by atoms with E-state index in [1.165, 1.54) is 184 Å². The third kappa shape index (κ3) is 28.4. The molecule has 19 rings (SSSR count). The van der Waals surface area contributed by atoms with Crippen LogP contribution in [0.1, 0.15) is 193 Å². The first-order valence-electron chi connectivity index (χ1n) is 49.5. The fourth-order valence-corrected chi connectivity index (χ4v) is 26.1. The first-order chi connectivity index (χ1) is 64.6. The Morgan fingerprint density at radius 1 is 0.227 bits per heavy atom. The summed E-state index contributed by atoms with van der Waals surface area (Å²) in [6.45, 7) is 24.8. The van der Waals surface area contributed by atoms with Gasteiger partial charge in [-0.15, -0.1) is 0 Å². The number of aromatic nitrogens is 1. The Balaban J connectivity index is 0.000000193. The van der Waals surface area contributed by atoms with Gasteiger partial charge in [-0.3, -0.25) is 0 Å². The van der Waals surface area contributed by atoms with Gasteiger partial charge in [0.2, 0.25) is 0 Å². The van der Waals surface area contributed by atoms with E-state index in [1.807, 2.05) is 102 Å². The number of benzene rings is 15. The molecule has 15 aromatic carbocycles. The van der Waals surface area contributed by atoms with Gasteiger partial charge in [-0.25, -0.2) is 0 Å². The minimum Gasteiger partial charge on any atom is -0.0622 e. The Labute approximate surface area is 803 Å². The van der Waals surface area contributed by atoms with Crippen LogP contribution in [0.25, 0.3) is 21.8 Å². The monoisotopic (exact) mass is 1830 g/mol. The van der Waals surface area contributed by atoms with Crippen molar-refractivity contribution in [2.24, 2.45) is 7.05 Å². The number of rotatable bonds is 15. The topological polar surface area (TPSA) is 14.7 Å². The van der Waals surface area contributed by atoms with Gasteiger partial charge in [0.25, 0.3) is 0 Å². The number of anilines is 5. The summed E-state index contributed by atoms with van der Waals surface area (Å²) < 4.78 is 5.33. The Morgan fingerprint density at radius 2 is 0.424 bits per heavy atom. The number of hydrogen-bond acceptors (Lipinski definition) is 3. The molecule has 0 radical (unpaired) electrons. The van der Waals surface area contributed by atoms with Gasteiger partial charge in [0, 0.05) is 102 Å². The molecule has 0 saturated heterocycles. The third-order valence-electron chi connectivity index (χ3n) is 26.2. The summed E-state index contributed by atoms with van der Waals surface area (Å²) in [6.07, 6.45) is 18.3. The van der Waals surface area contributed by atoms with E-state index in [1.54, 1.807) is 8.79 Å². The zero-order valence-electron chi connectivity index (χ0n) is 83.7. The van der Waals surface area contributed by atoms with Gasteiger partial charge in [0.05, 0.1) is 0 Å². The van der Waals surface area contributed by atoms with E-state index in [0.717, 1.165) is 0 Å². The van der Waals surface area contributed by atoms with Crippen LogP contribution in [0.3, 0.4) is 0 Å². The standard InChI is InChI=1S/C32H34N2.C18H20.C17H18.C14H16Ge.C14H16Si.C13H11N.C8H11N.5C2H6/c1-33(28-12-6-3-7-13-28)30-20-16-26(17-21-30)32(24-10-5-11-25-32)27-18-22-31(23-19-27)34(2)29-14-8-4-9-15-29;1-4-10-16(11-5-1)18(14-8-3-9-15-18)17-12-6-2-7-13-17;1-3-9-15(10-4-1)17(13-7-8-14-17)16-11-5-2-6-12-16;2*1-15(2,13-9-5-3-6-10-13)14-11-7-4-8-12-14;1-14-12-8-4-2-6-10(12)11-7-3-5-9-13(11)14;1-9(2)8-6-4-3-5-7-8;5*1-2/h3-4,6-9,12-23H,5,10-11,24-25H2,1-2H3;1-2,4-7,10-13H,3,8-9,14-15H2;1-6,9-12H,7-8,13-14H2;2*3-12H,1-2H3;2-9H,1H3;3-7H,1-2H3;5*1-2H3. The summed E-state index contributed by atoms with van der Waals surface area (Å²) in [5.41, 5.74) is 18.2. The predicted octanol–water partition coefficient (Wildman–Crippen LogP) is 33.2. The molecule has 4 nitrogen and oxygen atoms in total. The molecule has 0 unspecified atom stereocenters. The van der Waals surface area contributed by atoms with E-state index in [0.29, 0.717) is 0 Å². The number of aryl methyl sites for hydroxylation is 1. The molecule has 3 saturated carbocycles. The minimum atomic E-state index is -2.00. The fourth-order valence-electron chi connectivity index (χ4n) is 18.8. The zero-order valence-corrected chi connectivity index (χ0v) is 86.8. The molecule has 0 atom stereocenters. The van der Waals surface area contributed by atoms with Gasteiger partial charge in [-0.1, -0.05) is 441 Å². The van der Waals surface area contributed by atoms with Crippen molar-refractivity contribution in [1.29, 1.82) is 0 Å². The molecule has 16 aromatic rings. The molecule has 6 heteroatoms. The number of nitrogens with zero attached hydrogens (tertiary/aromatic N) is 4. The van der Waals surface area contributed by atoms with Crippen LogP contribution in [0.5, 0.6) is 0 Å². The normalized spacial score (nSPS) is 13.3. The molecule has 3 aliphatic carbocycles. The van der Waals surface area contributed by atoms with E-state index in [9.17, 15) is 0 Å². The van der Waals surface area contributed by atoms with Crippen LogP contribution in [0, 0.1) is 0 Å². The number of hydrogen-bond donors (Lipinski definition) is 0. The van der Waals surface area contributed by atoms with Crippen molar-refractivity contribution in [2.45, 2.75) is 200 Å². The maximum Gasteiger partial charge on any atom is 0.0202 e. The molecule has 0 amide bonds. The van der Waals surface area contributed by atoms with E-state index in [2.05, 4.69) is 478 Å². The van der Waals surface area contributed by atoms with Crippen LogP contribution >= 0.6 is 0 Å².